The number of hydrogen-bond donors (Lipinski definition) is 1. The van der Waals surface area contributed by atoms with E-state index in [1.54, 1.807) is 12.3 Å². The van der Waals surface area contributed by atoms with Gasteiger partial charge >= 0.3 is 0 Å². The van der Waals surface area contributed by atoms with Crippen molar-refractivity contribution >= 4 is 28.5 Å². The van der Waals surface area contributed by atoms with Gasteiger partial charge in [-0.1, -0.05) is 12.1 Å². The first kappa shape index (κ1) is 12.9. The van der Waals surface area contributed by atoms with E-state index in [1.165, 1.54) is 0 Å². The zero-order valence-corrected chi connectivity index (χ0v) is 12.0. The maximum atomic E-state index is 12.0. The van der Waals surface area contributed by atoms with E-state index in [-0.39, 0.29) is 5.91 Å². The van der Waals surface area contributed by atoms with Crippen molar-refractivity contribution in [1.29, 1.82) is 0 Å². The van der Waals surface area contributed by atoms with Crippen LogP contribution < -0.4 is 5.32 Å². The summed E-state index contributed by atoms with van der Waals surface area (Å²) in [5, 5.41) is 2.85. The summed E-state index contributed by atoms with van der Waals surface area (Å²) in [5.41, 5.74) is 1.49. The van der Waals surface area contributed by atoms with E-state index >= 15 is 0 Å². The van der Waals surface area contributed by atoms with E-state index in [4.69, 9.17) is 0 Å². The predicted octanol–water partition coefficient (Wildman–Crippen LogP) is 2.32. The minimum atomic E-state index is -0.0868. The summed E-state index contributed by atoms with van der Waals surface area (Å²) < 4.78 is 0.937. The molecule has 18 heavy (non-hydrogen) atoms. The van der Waals surface area contributed by atoms with E-state index in [0.717, 1.165) is 9.26 Å². The third-order valence-corrected chi connectivity index (χ3v) is 3.32. The number of nitrogens with zero attached hydrogens (tertiary/aromatic N) is 2. The highest BCUT2D eigenvalue weighted by molar-refractivity contribution is 14.1. The molecule has 0 radical (unpaired) electrons. The Morgan fingerprint density at radius 1 is 1.33 bits per heavy atom. The van der Waals surface area contributed by atoms with Gasteiger partial charge in [0, 0.05) is 9.77 Å². The first-order valence-electron chi connectivity index (χ1n) is 5.48. The Morgan fingerprint density at radius 3 is 2.83 bits per heavy atom. The van der Waals surface area contributed by atoms with Gasteiger partial charge < -0.3 is 5.32 Å². The van der Waals surface area contributed by atoms with Crippen LogP contribution in [0.15, 0.2) is 36.5 Å². The molecule has 0 fully saturated rings. The maximum Gasteiger partial charge on any atom is 0.252 e. The Labute approximate surface area is 119 Å². The Kier molecular flexibility index (Phi) is 4.24. The number of halogens is 1. The number of amides is 1. The molecule has 1 N–H and O–H groups in total. The summed E-state index contributed by atoms with van der Waals surface area (Å²) in [7, 11) is 0. The maximum absolute atomic E-state index is 12.0. The molecule has 0 spiro atoms. The molecule has 92 valence electrons. The minimum absolute atomic E-state index is 0.0868. The summed E-state index contributed by atoms with van der Waals surface area (Å²) in [6.07, 6.45) is 1.69. The Morgan fingerprint density at radius 2 is 2.11 bits per heavy atom. The molecule has 0 saturated carbocycles. The number of aryl methyl sites for hydroxylation is 1. The summed E-state index contributed by atoms with van der Waals surface area (Å²) in [4.78, 5) is 20.2. The molecule has 0 bridgehead atoms. The van der Waals surface area contributed by atoms with Crippen LogP contribution in [0, 0.1) is 10.5 Å². The molecule has 1 heterocycles. The number of hydrogen-bond acceptors (Lipinski definition) is 3. The molecule has 0 aliphatic heterocycles. The largest absolute Gasteiger partial charge is 0.346 e. The first-order chi connectivity index (χ1) is 8.66. The van der Waals surface area contributed by atoms with Crippen molar-refractivity contribution < 1.29 is 4.79 Å². The highest BCUT2D eigenvalue weighted by Crippen LogP contribution is 2.11. The third kappa shape index (κ3) is 3.25. The van der Waals surface area contributed by atoms with Crippen LogP contribution >= 0.6 is 22.6 Å². The van der Waals surface area contributed by atoms with Crippen molar-refractivity contribution in [2.45, 2.75) is 13.5 Å². The smallest absolute Gasteiger partial charge is 0.252 e. The van der Waals surface area contributed by atoms with Crippen molar-refractivity contribution in [1.82, 2.24) is 15.3 Å². The average molecular weight is 353 g/mol. The van der Waals surface area contributed by atoms with Gasteiger partial charge in [0.25, 0.3) is 5.91 Å². The molecule has 1 aromatic carbocycles. The van der Waals surface area contributed by atoms with E-state index in [9.17, 15) is 4.79 Å². The van der Waals surface area contributed by atoms with Gasteiger partial charge in [0.15, 0.2) is 0 Å². The molecule has 0 aliphatic rings. The SMILES string of the molecule is Cc1nccc(CNC(=O)c2ccccc2I)n1. The first-order valence-corrected chi connectivity index (χ1v) is 6.56. The highest BCUT2D eigenvalue weighted by atomic mass is 127. The number of carbonyl (C=O) groups excluding carboxylic acids is 1. The normalized spacial score (nSPS) is 10.1. The molecular formula is C13H12IN3O. The van der Waals surface area contributed by atoms with Gasteiger partial charge in [0.2, 0.25) is 0 Å². The summed E-state index contributed by atoms with van der Waals surface area (Å²) in [5.74, 6) is 0.618. The van der Waals surface area contributed by atoms with E-state index in [0.29, 0.717) is 17.9 Å². The minimum Gasteiger partial charge on any atom is -0.346 e. The lowest BCUT2D eigenvalue weighted by Gasteiger charge is -2.06. The molecular weight excluding hydrogens is 341 g/mol. The molecule has 0 aliphatic carbocycles. The van der Waals surface area contributed by atoms with Crippen molar-refractivity contribution in [3.63, 3.8) is 0 Å². The summed E-state index contributed by atoms with van der Waals surface area (Å²) >= 11 is 2.15. The number of carbonyl (C=O) groups is 1. The van der Waals surface area contributed by atoms with Crippen LogP contribution in [0.1, 0.15) is 21.9 Å². The lowest BCUT2D eigenvalue weighted by Crippen LogP contribution is -2.24. The van der Waals surface area contributed by atoms with Crippen molar-refractivity contribution in [3.8, 4) is 0 Å². The average Bonchev–Trinajstić information content (AvgIpc) is 2.37. The van der Waals surface area contributed by atoms with Gasteiger partial charge in [-0.3, -0.25) is 4.79 Å². The van der Waals surface area contributed by atoms with Crippen molar-refractivity contribution in [2.24, 2.45) is 0 Å². The van der Waals surface area contributed by atoms with Gasteiger partial charge in [0.1, 0.15) is 5.82 Å². The molecule has 2 aromatic rings. The molecule has 4 nitrogen and oxygen atoms in total. The van der Waals surface area contributed by atoms with Crippen molar-refractivity contribution in [3.05, 3.63) is 57.2 Å². The second-order valence-electron chi connectivity index (χ2n) is 3.76. The summed E-state index contributed by atoms with van der Waals surface area (Å²) in [6, 6.07) is 9.27. The Bertz CT molecular complexity index is 572. The van der Waals surface area contributed by atoms with Gasteiger partial charge in [0.05, 0.1) is 17.8 Å². The second-order valence-corrected chi connectivity index (χ2v) is 4.92. The fraction of sp³-hybridized carbons (Fsp3) is 0.154. The second kappa shape index (κ2) is 5.90. The number of benzene rings is 1. The standard InChI is InChI=1S/C13H12IN3O/c1-9-15-7-6-10(17-9)8-16-13(18)11-4-2-3-5-12(11)14/h2-7H,8H2,1H3,(H,16,18). The molecule has 0 saturated heterocycles. The zero-order chi connectivity index (χ0) is 13.0. The van der Waals surface area contributed by atoms with E-state index < -0.39 is 0 Å². The monoisotopic (exact) mass is 353 g/mol. The van der Waals surface area contributed by atoms with Crippen molar-refractivity contribution in [2.75, 3.05) is 0 Å². The fourth-order valence-corrected chi connectivity index (χ4v) is 2.15. The predicted molar refractivity (Wildman–Crippen MR) is 77.1 cm³/mol. The number of nitrogens with one attached hydrogen (secondary N) is 1. The quantitative estimate of drug-likeness (QED) is 0.862. The lowest BCUT2D eigenvalue weighted by molar-refractivity contribution is 0.0949. The van der Waals surface area contributed by atoms with Crippen LogP contribution in [0.4, 0.5) is 0 Å². The van der Waals surface area contributed by atoms with E-state index in [1.807, 2.05) is 31.2 Å². The number of aromatic nitrogens is 2. The molecule has 0 atom stereocenters. The molecule has 1 aromatic heterocycles. The molecule has 5 heteroatoms. The van der Waals surface area contributed by atoms with E-state index in [2.05, 4.69) is 37.9 Å². The van der Waals surface area contributed by atoms with Gasteiger partial charge in [-0.15, -0.1) is 0 Å². The van der Waals surface area contributed by atoms with Gasteiger partial charge in [-0.05, 0) is 47.7 Å². The molecule has 0 unspecified atom stereocenters. The Hall–Kier alpha value is -1.50. The number of rotatable bonds is 3. The van der Waals surface area contributed by atoms with Crippen LogP contribution in [0.25, 0.3) is 0 Å². The van der Waals surface area contributed by atoms with Crippen LogP contribution in [0.2, 0.25) is 0 Å². The van der Waals surface area contributed by atoms with Crippen LogP contribution in [0.5, 0.6) is 0 Å². The highest BCUT2D eigenvalue weighted by Gasteiger charge is 2.08. The third-order valence-electron chi connectivity index (χ3n) is 2.38. The molecule has 2 rings (SSSR count). The molecule has 1 amide bonds. The van der Waals surface area contributed by atoms with Gasteiger partial charge in [-0.25, -0.2) is 9.97 Å². The lowest BCUT2D eigenvalue weighted by atomic mass is 10.2. The summed E-state index contributed by atoms with van der Waals surface area (Å²) in [6.45, 7) is 2.23. The van der Waals surface area contributed by atoms with Crippen LogP contribution in [0.3, 0.4) is 0 Å². The fourth-order valence-electron chi connectivity index (χ4n) is 1.52. The van der Waals surface area contributed by atoms with Gasteiger partial charge in [-0.2, -0.15) is 0 Å². The van der Waals surface area contributed by atoms with Crippen LogP contribution in [-0.4, -0.2) is 15.9 Å². The Balaban J connectivity index is 2.03. The van der Waals surface area contributed by atoms with Crippen LogP contribution in [-0.2, 0) is 6.54 Å². The zero-order valence-electron chi connectivity index (χ0n) is 9.85. The topological polar surface area (TPSA) is 54.9 Å².